The molecule has 7 nitrogen and oxygen atoms in total. The highest BCUT2D eigenvalue weighted by molar-refractivity contribution is 7.93. The molecule has 0 bridgehead atoms. The van der Waals surface area contributed by atoms with E-state index in [0.29, 0.717) is 24.0 Å². The molecular formula is C18H21F2N5O2S. The van der Waals surface area contributed by atoms with Gasteiger partial charge in [0.25, 0.3) is 0 Å². The Morgan fingerprint density at radius 3 is 2.64 bits per heavy atom. The Labute approximate surface area is 162 Å². The Hall–Kier alpha value is -2.75. The smallest absolute Gasteiger partial charge is 0.239 e. The van der Waals surface area contributed by atoms with Crippen LogP contribution in [0, 0.1) is 11.6 Å². The van der Waals surface area contributed by atoms with Crippen molar-refractivity contribution in [3.8, 4) is 0 Å². The molecule has 0 fully saturated rings. The van der Waals surface area contributed by atoms with Crippen LogP contribution in [0.4, 0.5) is 26.0 Å². The van der Waals surface area contributed by atoms with Crippen molar-refractivity contribution in [2.24, 2.45) is 0 Å². The fraction of sp³-hybridized carbons (Fsp3) is 0.333. The molecule has 0 saturated heterocycles. The van der Waals surface area contributed by atoms with Crippen LogP contribution in [0.25, 0.3) is 5.65 Å². The van der Waals surface area contributed by atoms with E-state index in [-0.39, 0.29) is 23.2 Å². The zero-order valence-corrected chi connectivity index (χ0v) is 16.5. The van der Waals surface area contributed by atoms with Gasteiger partial charge in [0, 0.05) is 18.2 Å². The minimum Gasteiger partial charge on any atom is -0.366 e. The van der Waals surface area contributed by atoms with Gasteiger partial charge in [-0.05, 0) is 32.4 Å². The Bertz CT molecular complexity index is 1100. The third kappa shape index (κ3) is 4.06. The number of hydrogen-bond acceptors (Lipinski definition) is 5. The zero-order valence-electron chi connectivity index (χ0n) is 15.7. The number of sulfonamides is 1. The van der Waals surface area contributed by atoms with Crippen molar-refractivity contribution >= 4 is 32.9 Å². The van der Waals surface area contributed by atoms with Gasteiger partial charge in [0.15, 0.2) is 17.3 Å². The minimum absolute atomic E-state index is 0.102. The lowest BCUT2D eigenvalue weighted by Crippen LogP contribution is -2.29. The first kappa shape index (κ1) is 20.0. The number of rotatable bonds is 7. The number of halogens is 2. The summed E-state index contributed by atoms with van der Waals surface area (Å²) in [5.74, 6) is -1.40. The van der Waals surface area contributed by atoms with E-state index in [1.54, 1.807) is 13.0 Å². The van der Waals surface area contributed by atoms with Gasteiger partial charge in [-0.1, -0.05) is 6.92 Å². The Balaban J connectivity index is 2.14. The van der Waals surface area contributed by atoms with Crippen molar-refractivity contribution in [2.75, 3.05) is 15.4 Å². The Morgan fingerprint density at radius 2 is 2.00 bits per heavy atom. The van der Waals surface area contributed by atoms with Gasteiger partial charge in [0.1, 0.15) is 5.82 Å². The molecule has 0 radical (unpaired) electrons. The zero-order chi connectivity index (χ0) is 20.5. The first-order valence-electron chi connectivity index (χ1n) is 8.81. The summed E-state index contributed by atoms with van der Waals surface area (Å²) in [6, 6.07) is 4.62. The van der Waals surface area contributed by atoms with Crippen LogP contribution in [0.1, 0.15) is 27.2 Å². The molecule has 1 aromatic carbocycles. The van der Waals surface area contributed by atoms with Gasteiger partial charge in [-0.2, -0.15) is 0 Å². The Morgan fingerprint density at radius 1 is 1.25 bits per heavy atom. The van der Waals surface area contributed by atoms with E-state index in [4.69, 9.17) is 0 Å². The summed E-state index contributed by atoms with van der Waals surface area (Å²) in [6.07, 6.45) is 3.11. The summed E-state index contributed by atoms with van der Waals surface area (Å²) in [4.78, 5) is 4.23. The van der Waals surface area contributed by atoms with Gasteiger partial charge in [-0.3, -0.25) is 0 Å². The molecule has 150 valence electrons. The molecule has 3 rings (SSSR count). The number of aromatic nitrogens is 3. The van der Waals surface area contributed by atoms with Crippen LogP contribution in [0.15, 0.2) is 36.7 Å². The van der Waals surface area contributed by atoms with E-state index in [1.807, 2.05) is 13.8 Å². The molecule has 0 aliphatic heterocycles. The molecule has 3 aromatic rings. The van der Waals surface area contributed by atoms with E-state index in [2.05, 4.69) is 15.4 Å². The summed E-state index contributed by atoms with van der Waals surface area (Å²) >= 11 is 0. The van der Waals surface area contributed by atoms with Gasteiger partial charge in [-0.25, -0.2) is 31.0 Å². The predicted molar refractivity (Wildman–Crippen MR) is 104 cm³/mol. The van der Waals surface area contributed by atoms with Gasteiger partial charge < -0.3 is 5.32 Å². The van der Waals surface area contributed by atoms with Crippen LogP contribution in [0.5, 0.6) is 0 Å². The summed E-state index contributed by atoms with van der Waals surface area (Å²) < 4.78 is 55.7. The molecule has 2 heterocycles. The van der Waals surface area contributed by atoms with Crippen LogP contribution >= 0.6 is 0 Å². The average Bonchev–Trinajstić information content (AvgIpc) is 2.97. The molecular weight excluding hydrogens is 388 g/mol. The van der Waals surface area contributed by atoms with Gasteiger partial charge in [0.2, 0.25) is 10.0 Å². The van der Waals surface area contributed by atoms with E-state index in [0.717, 1.165) is 16.4 Å². The molecule has 0 aliphatic rings. The molecule has 0 atom stereocenters. The van der Waals surface area contributed by atoms with Crippen LogP contribution in [-0.2, 0) is 10.0 Å². The minimum atomic E-state index is -3.92. The molecule has 10 heteroatoms. The quantitative estimate of drug-likeness (QED) is 0.644. The first-order chi connectivity index (χ1) is 13.2. The molecule has 0 spiro atoms. The highest BCUT2D eigenvalue weighted by Gasteiger charge is 2.27. The second-order valence-corrected chi connectivity index (χ2v) is 8.56. The van der Waals surface area contributed by atoms with Crippen molar-refractivity contribution in [3.05, 3.63) is 48.3 Å². The largest absolute Gasteiger partial charge is 0.366 e. The van der Waals surface area contributed by atoms with Crippen LogP contribution < -0.4 is 9.62 Å². The van der Waals surface area contributed by atoms with Crippen LogP contribution in [0.2, 0.25) is 0 Å². The second-order valence-electron chi connectivity index (χ2n) is 6.62. The molecule has 28 heavy (non-hydrogen) atoms. The molecule has 2 aromatic heterocycles. The van der Waals surface area contributed by atoms with Gasteiger partial charge in [-0.15, -0.1) is 5.10 Å². The van der Waals surface area contributed by atoms with E-state index < -0.39 is 21.7 Å². The topological polar surface area (TPSA) is 79.6 Å². The maximum Gasteiger partial charge on any atom is 0.239 e. The average molecular weight is 409 g/mol. The first-order valence-corrected chi connectivity index (χ1v) is 10.4. The molecule has 0 unspecified atom stereocenters. The van der Waals surface area contributed by atoms with E-state index >= 15 is 0 Å². The monoisotopic (exact) mass is 409 g/mol. The maximum absolute atomic E-state index is 14.4. The molecule has 0 saturated carbocycles. The van der Waals surface area contributed by atoms with Gasteiger partial charge in [0.05, 0.1) is 29.5 Å². The predicted octanol–water partition coefficient (Wildman–Crippen LogP) is 3.71. The third-order valence-electron chi connectivity index (χ3n) is 3.84. The third-order valence-corrected chi connectivity index (χ3v) is 5.73. The van der Waals surface area contributed by atoms with Crippen LogP contribution in [0.3, 0.4) is 0 Å². The summed E-state index contributed by atoms with van der Waals surface area (Å²) in [6.45, 7) is 5.62. The number of benzene rings is 1. The molecule has 0 aliphatic carbocycles. The van der Waals surface area contributed by atoms with Crippen molar-refractivity contribution in [2.45, 2.75) is 33.2 Å². The van der Waals surface area contributed by atoms with Gasteiger partial charge >= 0.3 is 0 Å². The Kier molecular flexibility index (Phi) is 5.50. The normalized spacial score (nSPS) is 11.9. The maximum atomic E-state index is 14.4. The number of anilines is 3. The van der Waals surface area contributed by atoms with Crippen molar-refractivity contribution in [3.63, 3.8) is 0 Å². The standard InChI is InChI=1S/C18H21F2N5O2S/c1-4-7-28(26,27)25(16-6-5-13(19)8-15(16)20)14-10-21-18-9-17(22-12(2)3)23-24(18)11-14/h5-6,8-12H,4,7H2,1-3H3,(H,22,23). The number of hydrogen-bond donors (Lipinski definition) is 1. The van der Waals surface area contributed by atoms with Crippen molar-refractivity contribution < 1.29 is 17.2 Å². The highest BCUT2D eigenvalue weighted by Crippen LogP contribution is 2.32. The van der Waals surface area contributed by atoms with E-state index in [1.165, 1.54) is 16.9 Å². The molecule has 1 N–H and O–H groups in total. The summed E-state index contributed by atoms with van der Waals surface area (Å²) in [7, 11) is -3.92. The summed E-state index contributed by atoms with van der Waals surface area (Å²) in [5, 5.41) is 7.46. The second kappa shape index (κ2) is 7.70. The SMILES string of the molecule is CCCS(=O)(=O)N(c1cnc2cc(NC(C)C)nn2c1)c1ccc(F)cc1F. The number of nitrogens with zero attached hydrogens (tertiary/aromatic N) is 4. The highest BCUT2D eigenvalue weighted by atomic mass is 32.2. The lowest BCUT2D eigenvalue weighted by molar-refractivity contribution is 0.578. The molecule has 0 amide bonds. The summed E-state index contributed by atoms with van der Waals surface area (Å²) in [5.41, 5.74) is 0.327. The van der Waals surface area contributed by atoms with Crippen molar-refractivity contribution in [1.29, 1.82) is 0 Å². The fourth-order valence-corrected chi connectivity index (χ4v) is 4.34. The number of nitrogens with one attached hydrogen (secondary N) is 1. The van der Waals surface area contributed by atoms with Crippen LogP contribution in [-0.4, -0.2) is 34.8 Å². The number of fused-ring (bicyclic) bond motifs is 1. The van der Waals surface area contributed by atoms with Crippen molar-refractivity contribution in [1.82, 2.24) is 14.6 Å². The lowest BCUT2D eigenvalue weighted by atomic mass is 10.3. The lowest BCUT2D eigenvalue weighted by Gasteiger charge is -2.24. The van der Waals surface area contributed by atoms with E-state index in [9.17, 15) is 17.2 Å². The fourth-order valence-electron chi connectivity index (χ4n) is 2.78.